The Bertz CT molecular complexity index is 1590. The maximum Gasteiger partial charge on any atom is 0.491 e. The van der Waals surface area contributed by atoms with Gasteiger partial charge >= 0.3 is 12.1 Å². The van der Waals surface area contributed by atoms with E-state index in [0.29, 0.717) is 5.56 Å². The first-order valence-corrected chi connectivity index (χ1v) is 11.8. The van der Waals surface area contributed by atoms with Crippen LogP contribution in [0.2, 0.25) is 0 Å². The Morgan fingerprint density at radius 3 is 2.52 bits per heavy atom. The van der Waals surface area contributed by atoms with Crippen molar-refractivity contribution in [1.29, 1.82) is 0 Å². The second kappa shape index (κ2) is 10.2. The quantitative estimate of drug-likeness (QED) is 0.247. The summed E-state index contributed by atoms with van der Waals surface area (Å²) < 4.78 is 83.6. The molecule has 2 aromatic carbocycles. The lowest BCUT2D eigenvalue weighted by Crippen LogP contribution is -2.55. The highest BCUT2D eigenvalue weighted by atomic mass is 19.4. The van der Waals surface area contributed by atoms with Crippen LogP contribution in [0, 0.1) is 6.92 Å². The van der Waals surface area contributed by atoms with Crippen LogP contribution >= 0.6 is 0 Å². The molecule has 208 valence electrons. The predicted molar refractivity (Wildman–Crippen MR) is 128 cm³/mol. The molecule has 0 N–H and O–H groups in total. The topological polar surface area (TPSA) is 108 Å². The van der Waals surface area contributed by atoms with Gasteiger partial charge in [0.2, 0.25) is 11.7 Å². The van der Waals surface area contributed by atoms with Crippen molar-refractivity contribution in [2.24, 2.45) is 0 Å². The van der Waals surface area contributed by atoms with Gasteiger partial charge in [0.1, 0.15) is 0 Å². The van der Waals surface area contributed by atoms with E-state index in [1.54, 1.807) is 37.3 Å². The average Bonchev–Trinajstić information content (AvgIpc) is 3.35. The van der Waals surface area contributed by atoms with Crippen LogP contribution in [0.15, 0.2) is 59.1 Å². The van der Waals surface area contributed by atoms with Gasteiger partial charge in [0.05, 0.1) is 17.6 Å². The highest BCUT2D eigenvalue weighted by molar-refractivity contribution is 6.00. The van der Waals surface area contributed by atoms with E-state index in [4.69, 9.17) is 9.26 Å². The van der Waals surface area contributed by atoms with E-state index >= 15 is 8.78 Å². The molecule has 2 aromatic heterocycles. The van der Waals surface area contributed by atoms with Gasteiger partial charge in [-0.05, 0) is 18.2 Å². The highest BCUT2D eigenvalue weighted by Gasteiger charge is 2.48. The summed E-state index contributed by atoms with van der Waals surface area (Å²) in [6.45, 7) is 0.579. The Morgan fingerprint density at radius 1 is 1.07 bits per heavy atom. The van der Waals surface area contributed by atoms with Crippen molar-refractivity contribution in [3.63, 3.8) is 0 Å². The predicted octanol–water partition coefficient (Wildman–Crippen LogP) is 4.99. The van der Waals surface area contributed by atoms with Crippen LogP contribution in [0.3, 0.4) is 0 Å². The number of para-hydroxylation sites is 1. The Balaban J connectivity index is 1.45. The number of amides is 1. The third-order valence-corrected chi connectivity index (χ3v) is 6.13. The molecule has 1 aliphatic rings. The molecule has 1 unspecified atom stereocenters. The molecule has 1 amide bonds. The zero-order chi connectivity index (χ0) is 28.7. The van der Waals surface area contributed by atoms with Crippen LogP contribution in [0.4, 0.5) is 22.0 Å². The van der Waals surface area contributed by atoms with Crippen LogP contribution in [0.25, 0.3) is 22.3 Å². The molecule has 1 saturated heterocycles. The summed E-state index contributed by atoms with van der Waals surface area (Å²) in [6, 6.07) is 13.4. The molecule has 9 nitrogen and oxygen atoms in total. The summed E-state index contributed by atoms with van der Waals surface area (Å²) in [6.07, 6.45) is -8.19. The summed E-state index contributed by atoms with van der Waals surface area (Å²) in [5.41, 5.74) is 0.633. The number of benzene rings is 2. The lowest BCUT2D eigenvalue weighted by atomic mass is 10.0. The lowest BCUT2D eigenvalue weighted by Gasteiger charge is -2.38. The van der Waals surface area contributed by atoms with E-state index in [1.165, 1.54) is 18.2 Å². The molecule has 4 aromatic rings. The van der Waals surface area contributed by atoms with Gasteiger partial charge in [-0.15, -0.1) is 0 Å². The number of esters is 1. The van der Waals surface area contributed by atoms with Gasteiger partial charge in [-0.3, -0.25) is 4.79 Å². The minimum atomic E-state index is -5.36. The first-order valence-electron chi connectivity index (χ1n) is 11.8. The lowest BCUT2D eigenvalue weighted by molar-refractivity contribution is -0.190. The number of rotatable bonds is 5. The number of hydrogen-bond donors (Lipinski definition) is 0. The Kier molecular flexibility index (Phi) is 6.85. The maximum absolute atomic E-state index is 15.0. The second-order valence-electron chi connectivity index (χ2n) is 8.92. The Hall–Kier alpha value is -4.62. The van der Waals surface area contributed by atoms with E-state index in [0.717, 1.165) is 11.0 Å². The fourth-order valence-electron chi connectivity index (χ4n) is 4.15. The monoisotopic (exact) mass is 562 g/mol. The van der Waals surface area contributed by atoms with Crippen molar-refractivity contribution < 1.29 is 45.5 Å². The molecule has 5 rings (SSSR count). The summed E-state index contributed by atoms with van der Waals surface area (Å²) in [5, 5.41) is 4.09. The molecule has 0 radical (unpaired) electrons. The number of alkyl halides is 5. The minimum absolute atomic E-state index is 0.121. The van der Waals surface area contributed by atoms with Gasteiger partial charge in [-0.25, -0.2) is 18.6 Å². The summed E-state index contributed by atoms with van der Waals surface area (Å²) in [7, 11) is 0. The highest BCUT2D eigenvalue weighted by Crippen LogP contribution is 2.37. The van der Waals surface area contributed by atoms with Crippen molar-refractivity contribution >= 4 is 22.8 Å². The number of fused-ring (bicyclic) bond motifs is 1. The average molecular weight is 562 g/mol. The number of halogens is 5. The van der Waals surface area contributed by atoms with Crippen molar-refractivity contribution in [1.82, 2.24) is 20.0 Å². The number of aromatic nitrogens is 3. The molecule has 0 aliphatic carbocycles. The number of carbonyl (C=O) groups is 2. The Morgan fingerprint density at radius 2 is 1.80 bits per heavy atom. The number of aryl methyl sites for hydroxylation is 1. The van der Waals surface area contributed by atoms with E-state index in [-0.39, 0.29) is 34.7 Å². The molecule has 0 saturated carbocycles. The summed E-state index contributed by atoms with van der Waals surface area (Å²) >= 11 is 0. The third-order valence-electron chi connectivity index (χ3n) is 6.13. The normalized spacial score (nSPS) is 17.1. The van der Waals surface area contributed by atoms with Crippen molar-refractivity contribution in [3.8, 4) is 23.0 Å². The molecular weight excluding hydrogens is 543 g/mol. The largest absolute Gasteiger partial charge is 0.491 e. The van der Waals surface area contributed by atoms with Crippen LogP contribution in [0.5, 0.6) is 11.6 Å². The number of likely N-dealkylation sites (tertiary alicyclic amines) is 1. The molecule has 3 heterocycles. The van der Waals surface area contributed by atoms with Crippen molar-refractivity contribution in [3.05, 3.63) is 66.1 Å². The van der Waals surface area contributed by atoms with Crippen LogP contribution in [0.1, 0.15) is 22.7 Å². The molecule has 1 fully saturated rings. The smallest absolute Gasteiger partial charge is 0.463 e. The summed E-state index contributed by atoms with van der Waals surface area (Å²) in [5.74, 6) is -7.86. The first-order chi connectivity index (χ1) is 18.9. The molecule has 40 heavy (non-hydrogen) atoms. The minimum Gasteiger partial charge on any atom is -0.463 e. The van der Waals surface area contributed by atoms with Crippen LogP contribution < -0.4 is 9.47 Å². The van der Waals surface area contributed by atoms with Gasteiger partial charge < -0.3 is 18.9 Å². The van der Waals surface area contributed by atoms with E-state index in [2.05, 4.69) is 19.9 Å². The van der Waals surface area contributed by atoms with Crippen LogP contribution in [-0.4, -0.2) is 63.2 Å². The standard InChI is InChI=1S/C26H19F5N4O5/c1-14-32-21(34-40-14)16-7-3-4-8-17(16)23(36)35-11-10-25(27,28)20(13-35)39-22-19(38-24(37)26(29,30)31)12-15-6-2-5-9-18(15)33-22/h2-9,12,20H,10-11,13H2,1H3. The molecule has 0 bridgehead atoms. The van der Waals surface area contributed by atoms with Crippen LogP contribution in [-0.2, 0) is 4.79 Å². The van der Waals surface area contributed by atoms with E-state index in [9.17, 15) is 22.8 Å². The molecule has 0 spiro atoms. The SMILES string of the molecule is Cc1nc(-c2ccccc2C(=O)N2CCC(F)(F)C(Oc3nc4ccccc4cc3OC(=O)C(F)(F)F)C2)no1. The number of carbonyl (C=O) groups excluding carboxylic acids is 2. The van der Waals surface area contributed by atoms with Gasteiger partial charge in [0.25, 0.3) is 17.7 Å². The number of hydrogen-bond acceptors (Lipinski definition) is 8. The number of nitrogens with zero attached hydrogens (tertiary/aromatic N) is 4. The number of ether oxygens (including phenoxy) is 2. The zero-order valence-electron chi connectivity index (χ0n) is 20.6. The fraction of sp³-hybridized carbons (Fsp3) is 0.269. The van der Waals surface area contributed by atoms with Gasteiger partial charge in [-0.2, -0.15) is 18.2 Å². The molecule has 14 heteroatoms. The number of piperidine rings is 1. The Labute approximate surface area is 222 Å². The van der Waals surface area contributed by atoms with Gasteiger partial charge in [0.15, 0.2) is 11.9 Å². The van der Waals surface area contributed by atoms with Crippen molar-refractivity contribution in [2.75, 3.05) is 13.1 Å². The molecule has 1 aliphatic heterocycles. The zero-order valence-corrected chi connectivity index (χ0v) is 20.6. The fourth-order valence-corrected chi connectivity index (χ4v) is 4.15. The van der Waals surface area contributed by atoms with Gasteiger partial charge in [0, 0.05) is 30.8 Å². The summed E-state index contributed by atoms with van der Waals surface area (Å²) in [4.78, 5) is 34.2. The number of pyridine rings is 1. The maximum atomic E-state index is 15.0. The van der Waals surface area contributed by atoms with Crippen molar-refractivity contribution in [2.45, 2.75) is 31.5 Å². The molecular formula is C26H19F5N4O5. The van der Waals surface area contributed by atoms with E-state index < -0.39 is 54.7 Å². The van der Waals surface area contributed by atoms with Gasteiger partial charge in [-0.1, -0.05) is 41.6 Å². The van der Waals surface area contributed by atoms with E-state index in [1.807, 2.05) is 0 Å². The molecule has 1 atom stereocenters. The second-order valence-corrected chi connectivity index (χ2v) is 8.92. The first kappa shape index (κ1) is 27.0. The third kappa shape index (κ3) is 5.42.